The Hall–Kier alpha value is -7.93. The first kappa shape index (κ1) is 63.1. The van der Waals surface area contributed by atoms with Gasteiger partial charge in [0.15, 0.2) is 5.67 Å². The quantitative estimate of drug-likeness (QED) is 0.0395. The van der Waals surface area contributed by atoms with Crippen LogP contribution in [0.1, 0.15) is 94.0 Å². The molecule has 6 aromatic rings. The number of anilines is 2. The molecular weight excluding hydrogens is 1150 g/mol. The van der Waals surface area contributed by atoms with Gasteiger partial charge in [-0.3, -0.25) is 29.4 Å². The average molecular weight is 1230 g/mol. The van der Waals surface area contributed by atoms with Crippen LogP contribution in [0, 0.1) is 25.1 Å². The number of thiazole rings is 1. The van der Waals surface area contributed by atoms with Gasteiger partial charge in [0.25, 0.3) is 5.91 Å². The first-order valence-corrected chi connectivity index (χ1v) is 31.1. The van der Waals surface area contributed by atoms with E-state index in [-0.39, 0.29) is 56.0 Å². The van der Waals surface area contributed by atoms with Gasteiger partial charge in [-0.15, -0.1) is 11.3 Å². The maximum absolute atomic E-state index is 14.7. The van der Waals surface area contributed by atoms with Crippen LogP contribution in [0.4, 0.5) is 25.3 Å². The fourth-order valence-corrected chi connectivity index (χ4v) is 12.5. The molecule has 6 heterocycles. The van der Waals surface area contributed by atoms with E-state index in [4.69, 9.17) is 24.5 Å². The highest BCUT2D eigenvalue weighted by Crippen LogP contribution is 2.41. The molecule has 4 fully saturated rings. The summed E-state index contributed by atoms with van der Waals surface area (Å²) in [6.45, 7) is 14.0. The maximum atomic E-state index is 14.7. The lowest BCUT2D eigenvalue weighted by atomic mass is 9.85. The van der Waals surface area contributed by atoms with Gasteiger partial charge in [-0.05, 0) is 92.8 Å². The lowest BCUT2D eigenvalue weighted by molar-refractivity contribution is -0.145. The van der Waals surface area contributed by atoms with Gasteiger partial charge in [-0.25, -0.2) is 33.2 Å². The summed E-state index contributed by atoms with van der Waals surface area (Å²) in [4.78, 5) is 90.5. The molecule has 10 rings (SSSR count). The van der Waals surface area contributed by atoms with E-state index in [0.29, 0.717) is 118 Å². The third-order valence-electron chi connectivity index (χ3n) is 17.0. The predicted molar refractivity (Wildman–Crippen MR) is 330 cm³/mol. The van der Waals surface area contributed by atoms with Crippen LogP contribution in [0.3, 0.4) is 0 Å². The summed E-state index contributed by atoms with van der Waals surface area (Å²) in [5.74, 6) is -0.700. The molecule has 0 spiro atoms. The van der Waals surface area contributed by atoms with Gasteiger partial charge in [0, 0.05) is 114 Å². The van der Waals surface area contributed by atoms with Crippen molar-refractivity contribution in [1.29, 1.82) is 0 Å². The number of carbonyl (C=O) groups is 5. The SMILES string of the molecule is COCCN1C[C@@H](NC(=O)Nc2c(C)c(-c3cnc(N4CCN(C(=O)CCCCCOc5cc(-c6scnc6C)ccc5CNC(=O)[C@@H]5C[C@@H](O)CN5C(=O)[C@@H](NC(=O)C5(F)CC5)C(C)(C)C)CC4)nc3)nn2-c2ccccc2)[C@H](c2cccc(F)c2)C1. The number of nitrogens with zero attached hydrogens (tertiary/aromatic N) is 9. The number of carbonyl (C=O) groups excluding carboxylic acids is 5. The van der Waals surface area contributed by atoms with E-state index in [9.17, 15) is 37.9 Å². The minimum absolute atomic E-state index is 0.00352. The van der Waals surface area contributed by atoms with Crippen molar-refractivity contribution in [3.05, 3.63) is 119 Å². The summed E-state index contributed by atoms with van der Waals surface area (Å²) in [5, 5.41) is 27.5. The number of likely N-dealkylation sites (tertiary alicyclic amines) is 2. The number of urea groups is 1. The molecule has 3 aromatic carbocycles. The van der Waals surface area contributed by atoms with Gasteiger partial charge >= 0.3 is 6.03 Å². The first-order chi connectivity index (χ1) is 42.3. The van der Waals surface area contributed by atoms with Crippen LogP contribution in [0.25, 0.3) is 27.4 Å². The summed E-state index contributed by atoms with van der Waals surface area (Å²) >= 11 is 1.51. The van der Waals surface area contributed by atoms with Crippen LogP contribution in [0.15, 0.2) is 90.7 Å². The second-order valence-corrected chi connectivity index (χ2v) is 25.3. The second-order valence-electron chi connectivity index (χ2n) is 24.4. The normalized spacial score (nSPS) is 19.5. The number of ether oxygens (including phenoxy) is 2. The van der Waals surface area contributed by atoms with Crippen molar-refractivity contribution in [3.63, 3.8) is 0 Å². The zero-order valence-electron chi connectivity index (χ0n) is 50.8. The predicted octanol–water partition coefficient (Wildman–Crippen LogP) is 7.34. The number of para-hydroxylation sites is 1. The minimum Gasteiger partial charge on any atom is -0.493 e. The Kier molecular flexibility index (Phi) is 19.8. The van der Waals surface area contributed by atoms with E-state index in [1.54, 1.807) is 56.5 Å². The van der Waals surface area contributed by atoms with Crippen molar-refractivity contribution in [2.24, 2.45) is 5.41 Å². The van der Waals surface area contributed by atoms with Crippen LogP contribution in [0.5, 0.6) is 5.75 Å². The smallest absolute Gasteiger partial charge is 0.320 e. The number of aliphatic hydroxyl groups is 1. The third kappa shape index (κ3) is 15.0. The molecule has 24 heteroatoms. The second kappa shape index (κ2) is 27.6. The number of aryl methyl sites for hydroxylation is 1. The van der Waals surface area contributed by atoms with E-state index in [0.717, 1.165) is 33.8 Å². The molecule has 1 saturated carbocycles. The number of hydrogen-bond donors (Lipinski definition) is 5. The minimum atomic E-state index is -1.99. The van der Waals surface area contributed by atoms with E-state index in [1.807, 2.05) is 73.3 Å². The van der Waals surface area contributed by atoms with Crippen LogP contribution >= 0.6 is 11.3 Å². The molecule has 3 aromatic heterocycles. The largest absolute Gasteiger partial charge is 0.493 e. The molecule has 0 radical (unpaired) electrons. The summed E-state index contributed by atoms with van der Waals surface area (Å²) in [5.41, 5.74) is 4.98. The molecule has 1 aliphatic carbocycles. The van der Waals surface area contributed by atoms with Gasteiger partial charge in [-0.1, -0.05) is 63.2 Å². The van der Waals surface area contributed by atoms with Crippen LogP contribution in [-0.2, 0) is 30.5 Å². The summed E-state index contributed by atoms with van der Waals surface area (Å²) in [7, 11) is 1.65. The summed E-state index contributed by atoms with van der Waals surface area (Å²) in [6, 6.07) is 19.0. The Labute approximate surface area is 515 Å². The third-order valence-corrected chi connectivity index (χ3v) is 17.9. The number of unbranched alkanes of at least 4 members (excludes halogenated alkanes) is 2. The summed E-state index contributed by atoms with van der Waals surface area (Å²) in [6.07, 6.45) is 5.13. The average Bonchev–Trinajstić information content (AvgIpc) is 3.26. The van der Waals surface area contributed by atoms with Gasteiger partial charge in [-0.2, -0.15) is 5.10 Å². The number of methoxy groups -OCH3 is 1. The Balaban J connectivity index is 0.705. The van der Waals surface area contributed by atoms with Crippen molar-refractivity contribution in [3.8, 4) is 33.1 Å². The molecule has 0 bridgehead atoms. The highest BCUT2D eigenvalue weighted by atomic mass is 32.1. The number of rotatable bonds is 23. The van der Waals surface area contributed by atoms with Crippen LogP contribution in [0.2, 0.25) is 0 Å². The number of amides is 6. The number of β-amino-alcohol motifs (C(OH)–C–C–N with tert-alkyl or cyclic N) is 1. The van der Waals surface area contributed by atoms with E-state index >= 15 is 0 Å². The Bertz CT molecular complexity index is 3440. The molecule has 88 heavy (non-hydrogen) atoms. The highest BCUT2D eigenvalue weighted by molar-refractivity contribution is 7.13. The van der Waals surface area contributed by atoms with Gasteiger partial charge < -0.3 is 45.2 Å². The standard InChI is InChI=1S/C64H79F2N13O8S/c1-40-54(74-79(47-16-9-7-10-17-47)57(40)73-62(85)71-50-38-75(27-29-86-6)37-49(50)42-14-13-15-46(65)30-42)45-34-68-61(69-35-45)77-25-23-76(24-26-77)53(81)18-11-8-12-28-87-52-31-43(55-41(2)70-39-88-55)19-20-44(52)33-67-58(82)51-32-48(80)36-78(51)59(83)56(63(3,4)5)72-60(84)64(66)21-22-64/h7,9-10,13-17,19-20,30-31,34-35,39,48-51,56,80H,8,11-12,18,21-29,32-33,36-38H2,1-6H3,(H,67,82)(H,72,84)(H2,71,73,85)/t48-,49+,50-,51+,56-/m1/s1. The number of halogens is 2. The zero-order chi connectivity index (χ0) is 62.3. The van der Waals surface area contributed by atoms with Gasteiger partial charge in [0.05, 0.1) is 47.1 Å². The zero-order valence-corrected chi connectivity index (χ0v) is 51.6. The van der Waals surface area contributed by atoms with E-state index < -0.39 is 53.0 Å². The number of benzene rings is 3. The molecule has 6 amide bonds. The molecular formula is C64H79F2N13O8S. The number of nitrogens with one attached hydrogen (secondary N) is 4. The number of aromatic nitrogens is 5. The van der Waals surface area contributed by atoms with Crippen molar-refractivity contribution in [2.45, 2.75) is 122 Å². The molecule has 5 N–H and O–H groups in total. The van der Waals surface area contributed by atoms with Gasteiger partial charge in [0.2, 0.25) is 23.7 Å². The number of piperazine rings is 1. The van der Waals surface area contributed by atoms with Gasteiger partial charge in [0.1, 0.15) is 35.2 Å². The van der Waals surface area contributed by atoms with Crippen molar-refractivity contribution >= 4 is 52.8 Å². The monoisotopic (exact) mass is 1230 g/mol. The topological polar surface area (TPSA) is 242 Å². The highest BCUT2D eigenvalue weighted by Gasteiger charge is 2.53. The molecule has 5 atom stereocenters. The van der Waals surface area contributed by atoms with E-state index in [1.165, 1.54) is 28.4 Å². The summed E-state index contributed by atoms with van der Waals surface area (Å²) < 4.78 is 42.6. The van der Waals surface area contributed by atoms with Crippen molar-refractivity contribution in [2.75, 3.05) is 82.9 Å². The lowest BCUT2D eigenvalue weighted by Gasteiger charge is -2.35. The molecule has 468 valence electrons. The van der Waals surface area contributed by atoms with Crippen molar-refractivity contribution in [1.82, 2.24) is 55.4 Å². The fourth-order valence-electron chi connectivity index (χ4n) is 11.7. The molecule has 0 unspecified atom stereocenters. The first-order valence-electron chi connectivity index (χ1n) is 30.2. The maximum Gasteiger partial charge on any atom is 0.320 e. The Morgan fingerprint density at radius 1 is 0.875 bits per heavy atom. The molecule has 4 aliphatic rings. The van der Waals surface area contributed by atoms with Crippen LogP contribution < -0.4 is 30.9 Å². The fraction of sp³-hybridized carbons (Fsp3) is 0.484. The Morgan fingerprint density at radius 3 is 2.33 bits per heavy atom. The van der Waals surface area contributed by atoms with E-state index in [2.05, 4.69) is 36.1 Å². The molecule has 3 aliphatic heterocycles. The molecule has 3 saturated heterocycles. The number of alkyl halides is 1. The number of aliphatic hydroxyl groups excluding tert-OH is 1. The molecule has 21 nitrogen and oxygen atoms in total. The lowest BCUT2D eigenvalue weighted by Crippen LogP contribution is -2.59. The number of hydrogen-bond acceptors (Lipinski definition) is 15. The van der Waals surface area contributed by atoms with Crippen LogP contribution in [-0.4, -0.2) is 177 Å². The Morgan fingerprint density at radius 2 is 1.64 bits per heavy atom. The van der Waals surface area contributed by atoms with Crippen molar-refractivity contribution < 1.29 is 47.3 Å².